The molecule has 2 aromatic carbocycles. The van der Waals surface area contributed by atoms with Crippen LogP contribution in [0, 0.1) is 25.7 Å². The average molecular weight is 414 g/mol. The number of hydrogen-bond acceptors (Lipinski definition) is 2. The lowest BCUT2D eigenvalue weighted by Crippen LogP contribution is -2.32. The quantitative estimate of drug-likeness (QED) is 0.247. The summed E-state index contributed by atoms with van der Waals surface area (Å²) in [6, 6.07) is 16.2. The van der Waals surface area contributed by atoms with Crippen LogP contribution < -0.4 is 4.57 Å². The molecule has 4 heteroatoms. The highest BCUT2D eigenvalue weighted by Crippen LogP contribution is 2.38. The number of aryl methyl sites for hydroxylation is 2. The predicted molar refractivity (Wildman–Crippen MR) is 124 cm³/mol. The van der Waals surface area contributed by atoms with Crippen LogP contribution in [0.15, 0.2) is 52.9 Å². The number of fused-ring (bicyclic) bond motifs is 4. The Labute approximate surface area is 181 Å². The van der Waals surface area contributed by atoms with Gasteiger partial charge in [-0.05, 0) is 67.1 Å². The van der Waals surface area contributed by atoms with Gasteiger partial charge in [0.2, 0.25) is 22.9 Å². The molecule has 0 fully saturated rings. The van der Waals surface area contributed by atoms with Gasteiger partial charge in [-0.25, -0.2) is 0 Å². The SMILES string of the molecule is Cc1cc2c(oc3nc(F)ccc32)c(-c2ccc3c(CC(C)C)cccc3[n+]2C)c1C. The maximum Gasteiger partial charge on any atom is 0.229 e. The van der Waals surface area contributed by atoms with Gasteiger partial charge in [-0.15, -0.1) is 0 Å². The van der Waals surface area contributed by atoms with Crippen molar-refractivity contribution in [3.63, 3.8) is 0 Å². The van der Waals surface area contributed by atoms with Gasteiger partial charge in [0.25, 0.3) is 0 Å². The van der Waals surface area contributed by atoms with Crippen molar-refractivity contribution in [1.82, 2.24) is 4.98 Å². The van der Waals surface area contributed by atoms with Gasteiger partial charge in [-0.2, -0.15) is 13.9 Å². The molecular formula is C27H26FN2O+. The molecule has 3 heterocycles. The summed E-state index contributed by atoms with van der Waals surface area (Å²) >= 11 is 0. The fourth-order valence-electron chi connectivity index (χ4n) is 4.66. The fraction of sp³-hybridized carbons (Fsp3) is 0.259. The molecule has 0 saturated carbocycles. The molecule has 0 aliphatic carbocycles. The Balaban J connectivity index is 1.84. The summed E-state index contributed by atoms with van der Waals surface area (Å²) in [5, 5.41) is 3.08. The van der Waals surface area contributed by atoms with Gasteiger partial charge < -0.3 is 4.42 Å². The third-order valence-electron chi connectivity index (χ3n) is 6.30. The number of furan rings is 1. The Bertz CT molecular complexity index is 1480. The zero-order chi connectivity index (χ0) is 21.9. The van der Waals surface area contributed by atoms with Gasteiger partial charge in [0, 0.05) is 28.3 Å². The van der Waals surface area contributed by atoms with Crippen LogP contribution in [0.4, 0.5) is 4.39 Å². The van der Waals surface area contributed by atoms with Gasteiger partial charge >= 0.3 is 0 Å². The first-order valence-corrected chi connectivity index (χ1v) is 10.7. The van der Waals surface area contributed by atoms with E-state index in [0.717, 1.165) is 39.6 Å². The Morgan fingerprint density at radius 1 is 1.00 bits per heavy atom. The standard InChI is InChI=1S/C27H26FN2O/c1-15(2)13-18-7-6-8-22-19(18)9-11-23(30(22)5)25-17(4)16(3)14-21-20-10-12-24(28)29-27(20)31-26(21)25/h6-12,14-15H,13H2,1-5H3/q+1. The molecule has 0 N–H and O–H groups in total. The van der Waals surface area contributed by atoms with Gasteiger partial charge in [0.05, 0.1) is 5.56 Å². The summed E-state index contributed by atoms with van der Waals surface area (Å²) in [6.45, 7) is 8.72. The second kappa shape index (κ2) is 7.16. The fourth-order valence-corrected chi connectivity index (χ4v) is 4.66. The number of nitrogens with zero attached hydrogens (tertiary/aromatic N) is 2. The summed E-state index contributed by atoms with van der Waals surface area (Å²) in [6.07, 6.45) is 1.05. The van der Waals surface area contributed by atoms with E-state index in [2.05, 4.69) is 80.7 Å². The van der Waals surface area contributed by atoms with Crippen LogP contribution in [-0.4, -0.2) is 4.98 Å². The minimum atomic E-state index is -0.532. The molecule has 0 bridgehead atoms. The van der Waals surface area contributed by atoms with E-state index in [1.807, 2.05) is 0 Å². The van der Waals surface area contributed by atoms with Gasteiger partial charge in [0.1, 0.15) is 7.05 Å². The average Bonchev–Trinajstić information content (AvgIpc) is 3.07. The largest absolute Gasteiger partial charge is 0.437 e. The van der Waals surface area contributed by atoms with E-state index >= 15 is 0 Å². The Hall–Kier alpha value is -3.27. The lowest BCUT2D eigenvalue weighted by atomic mass is 9.94. The van der Waals surface area contributed by atoms with E-state index in [1.54, 1.807) is 6.07 Å². The van der Waals surface area contributed by atoms with E-state index in [4.69, 9.17) is 4.42 Å². The van der Waals surface area contributed by atoms with Crippen molar-refractivity contribution in [2.75, 3.05) is 0 Å². The van der Waals surface area contributed by atoms with Crippen LogP contribution in [0.3, 0.4) is 0 Å². The minimum Gasteiger partial charge on any atom is -0.437 e. The Kier molecular flexibility index (Phi) is 4.54. The molecule has 0 amide bonds. The molecule has 0 aliphatic rings. The maximum atomic E-state index is 13.7. The van der Waals surface area contributed by atoms with Crippen LogP contribution in [0.25, 0.3) is 44.2 Å². The predicted octanol–water partition coefficient (Wildman–Crippen LogP) is 6.58. The first-order chi connectivity index (χ1) is 14.8. The smallest absolute Gasteiger partial charge is 0.229 e. The van der Waals surface area contributed by atoms with E-state index in [1.165, 1.54) is 28.1 Å². The second-order valence-corrected chi connectivity index (χ2v) is 8.88. The number of rotatable bonds is 3. The Morgan fingerprint density at radius 3 is 2.55 bits per heavy atom. The minimum absolute atomic E-state index is 0.337. The van der Waals surface area contributed by atoms with Crippen LogP contribution in [0.1, 0.15) is 30.5 Å². The summed E-state index contributed by atoms with van der Waals surface area (Å²) < 4.78 is 22.1. The topological polar surface area (TPSA) is 29.9 Å². The van der Waals surface area contributed by atoms with Gasteiger partial charge in [-0.3, -0.25) is 0 Å². The van der Waals surface area contributed by atoms with Crippen molar-refractivity contribution in [2.24, 2.45) is 13.0 Å². The van der Waals surface area contributed by atoms with Crippen molar-refractivity contribution < 1.29 is 13.4 Å². The molecule has 0 unspecified atom stereocenters. The number of halogens is 1. The molecule has 3 aromatic heterocycles. The van der Waals surface area contributed by atoms with Crippen LogP contribution in [0.5, 0.6) is 0 Å². The van der Waals surface area contributed by atoms with E-state index in [0.29, 0.717) is 11.6 Å². The molecule has 3 nitrogen and oxygen atoms in total. The molecule has 0 atom stereocenters. The molecule has 0 spiro atoms. The molecule has 0 radical (unpaired) electrons. The van der Waals surface area contributed by atoms with E-state index < -0.39 is 5.95 Å². The number of pyridine rings is 2. The highest BCUT2D eigenvalue weighted by atomic mass is 19.1. The third kappa shape index (κ3) is 3.09. The molecular weight excluding hydrogens is 387 g/mol. The lowest BCUT2D eigenvalue weighted by Gasteiger charge is -2.12. The first-order valence-electron chi connectivity index (χ1n) is 10.7. The summed E-state index contributed by atoms with van der Waals surface area (Å²) in [7, 11) is 2.10. The van der Waals surface area contributed by atoms with Crippen LogP contribution in [0.2, 0.25) is 0 Å². The second-order valence-electron chi connectivity index (χ2n) is 8.88. The highest BCUT2D eigenvalue weighted by Gasteiger charge is 2.24. The first kappa shape index (κ1) is 19.7. The van der Waals surface area contributed by atoms with Crippen molar-refractivity contribution in [3.05, 3.63) is 71.2 Å². The Morgan fingerprint density at radius 2 is 1.77 bits per heavy atom. The van der Waals surface area contributed by atoms with Crippen molar-refractivity contribution in [1.29, 1.82) is 0 Å². The zero-order valence-corrected chi connectivity index (χ0v) is 18.6. The van der Waals surface area contributed by atoms with Crippen molar-refractivity contribution >= 4 is 33.0 Å². The van der Waals surface area contributed by atoms with Gasteiger partial charge in [-0.1, -0.05) is 26.0 Å². The zero-order valence-electron chi connectivity index (χ0n) is 18.6. The van der Waals surface area contributed by atoms with Gasteiger partial charge in [0.15, 0.2) is 5.58 Å². The third-order valence-corrected chi connectivity index (χ3v) is 6.30. The van der Waals surface area contributed by atoms with Crippen LogP contribution in [-0.2, 0) is 13.5 Å². The van der Waals surface area contributed by atoms with E-state index in [-0.39, 0.29) is 0 Å². The molecule has 0 aliphatic heterocycles. The molecule has 5 aromatic rings. The maximum absolute atomic E-state index is 13.7. The van der Waals surface area contributed by atoms with Crippen molar-refractivity contribution in [3.8, 4) is 11.3 Å². The monoisotopic (exact) mass is 413 g/mol. The van der Waals surface area contributed by atoms with E-state index in [9.17, 15) is 4.39 Å². The van der Waals surface area contributed by atoms with Crippen LogP contribution >= 0.6 is 0 Å². The lowest BCUT2D eigenvalue weighted by molar-refractivity contribution is -0.633. The normalized spacial score (nSPS) is 12.0. The van der Waals surface area contributed by atoms with Crippen molar-refractivity contribution in [2.45, 2.75) is 34.1 Å². The number of benzene rings is 2. The summed E-state index contributed by atoms with van der Waals surface area (Å²) in [5.41, 5.74) is 8.07. The highest BCUT2D eigenvalue weighted by molar-refractivity contribution is 6.09. The molecule has 31 heavy (non-hydrogen) atoms. The molecule has 5 rings (SSSR count). The molecule has 156 valence electrons. The number of hydrogen-bond donors (Lipinski definition) is 0. The summed E-state index contributed by atoms with van der Waals surface area (Å²) in [4.78, 5) is 3.98. The summed E-state index contributed by atoms with van der Waals surface area (Å²) in [5.74, 6) is 0.0631. The molecule has 0 saturated heterocycles. The number of aromatic nitrogens is 2.